The summed E-state index contributed by atoms with van der Waals surface area (Å²) in [5, 5.41) is 8.89. The van der Waals surface area contributed by atoms with Gasteiger partial charge in [-0.3, -0.25) is 0 Å². The van der Waals surface area contributed by atoms with Crippen molar-refractivity contribution in [1.82, 2.24) is 4.72 Å². The van der Waals surface area contributed by atoms with E-state index in [2.05, 4.69) is 20.7 Å². The summed E-state index contributed by atoms with van der Waals surface area (Å²) in [7, 11) is -3.67. The van der Waals surface area contributed by atoms with Crippen LogP contribution in [0.25, 0.3) is 0 Å². The van der Waals surface area contributed by atoms with Crippen LogP contribution in [-0.2, 0) is 10.0 Å². The Balaban J connectivity index is 3.25. The Labute approximate surface area is 108 Å². The lowest BCUT2D eigenvalue weighted by Crippen LogP contribution is -2.30. The van der Waals surface area contributed by atoms with Crippen LogP contribution in [-0.4, -0.2) is 25.5 Å². The maximum Gasteiger partial charge on any atom is 0.336 e. The SMILES string of the molecule is CC(C)NS(=O)(=O)c1ccc(Br)c(C(=O)O)c1. The molecule has 2 N–H and O–H groups in total. The van der Waals surface area contributed by atoms with Gasteiger partial charge in [-0.1, -0.05) is 0 Å². The summed E-state index contributed by atoms with van der Waals surface area (Å²) in [5.74, 6) is -1.18. The second-order valence-electron chi connectivity index (χ2n) is 3.72. The highest BCUT2D eigenvalue weighted by atomic mass is 79.9. The normalized spacial score (nSPS) is 11.8. The molecule has 0 fully saturated rings. The second-order valence-corrected chi connectivity index (χ2v) is 6.29. The number of hydrogen-bond acceptors (Lipinski definition) is 3. The van der Waals surface area contributed by atoms with Crippen molar-refractivity contribution < 1.29 is 18.3 Å². The van der Waals surface area contributed by atoms with Crippen molar-refractivity contribution in [2.24, 2.45) is 0 Å². The Morgan fingerprint density at radius 1 is 1.41 bits per heavy atom. The van der Waals surface area contributed by atoms with Gasteiger partial charge < -0.3 is 5.11 Å². The highest BCUT2D eigenvalue weighted by molar-refractivity contribution is 9.10. The van der Waals surface area contributed by atoms with Crippen molar-refractivity contribution in [2.45, 2.75) is 24.8 Å². The largest absolute Gasteiger partial charge is 0.478 e. The van der Waals surface area contributed by atoms with Gasteiger partial charge in [0.15, 0.2) is 0 Å². The minimum atomic E-state index is -3.67. The summed E-state index contributed by atoms with van der Waals surface area (Å²) < 4.78 is 26.3. The van der Waals surface area contributed by atoms with Crippen molar-refractivity contribution >= 4 is 31.9 Å². The van der Waals surface area contributed by atoms with Crippen molar-refractivity contribution in [1.29, 1.82) is 0 Å². The summed E-state index contributed by atoms with van der Waals surface area (Å²) in [6, 6.07) is 3.62. The van der Waals surface area contributed by atoms with Crippen LogP contribution in [0.4, 0.5) is 0 Å². The van der Waals surface area contributed by atoms with Crippen LogP contribution in [0.15, 0.2) is 27.6 Å². The van der Waals surface area contributed by atoms with E-state index in [1.165, 1.54) is 12.1 Å². The number of benzene rings is 1. The van der Waals surface area contributed by atoms with Crippen molar-refractivity contribution in [2.75, 3.05) is 0 Å². The molecule has 5 nitrogen and oxygen atoms in total. The molecule has 0 radical (unpaired) electrons. The average molecular weight is 322 g/mol. The number of rotatable bonds is 4. The minimum Gasteiger partial charge on any atom is -0.478 e. The van der Waals surface area contributed by atoms with E-state index in [9.17, 15) is 13.2 Å². The molecule has 0 spiro atoms. The van der Waals surface area contributed by atoms with E-state index >= 15 is 0 Å². The van der Waals surface area contributed by atoms with E-state index < -0.39 is 16.0 Å². The predicted octanol–water partition coefficient (Wildman–Crippen LogP) is 1.83. The highest BCUT2D eigenvalue weighted by Gasteiger charge is 2.18. The molecule has 0 aliphatic rings. The molecule has 1 rings (SSSR count). The molecular weight excluding hydrogens is 310 g/mol. The first kappa shape index (κ1) is 14.1. The number of aromatic carboxylic acids is 1. The van der Waals surface area contributed by atoms with E-state index in [-0.39, 0.29) is 16.5 Å². The second kappa shape index (κ2) is 5.16. The molecule has 0 aromatic heterocycles. The van der Waals surface area contributed by atoms with Gasteiger partial charge in [0.2, 0.25) is 10.0 Å². The van der Waals surface area contributed by atoms with E-state index in [0.717, 1.165) is 6.07 Å². The summed E-state index contributed by atoms with van der Waals surface area (Å²) in [6.07, 6.45) is 0. The molecule has 0 bridgehead atoms. The van der Waals surface area contributed by atoms with Gasteiger partial charge in [-0.15, -0.1) is 0 Å². The van der Waals surface area contributed by atoms with Crippen LogP contribution in [0.1, 0.15) is 24.2 Å². The number of halogens is 1. The van der Waals surface area contributed by atoms with Gasteiger partial charge in [0, 0.05) is 10.5 Å². The monoisotopic (exact) mass is 321 g/mol. The topological polar surface area (TPSA) is 83.5 Å². The van der Waals surface area contributed by atoms with Crippen LogP contribution in [0.5, 0.6) is 0 Å². The number of hydrogen-bond donors (Lipinski definition) is 2. The average Bonchev–Trinajstić information content (AvgIpc) is 2.15. The molecule has 94 valence electrons. The summed E-state index contributed by atoms with van der Waals surface area (Å²) in [5.41, 5.74) is -0.0865. The van der Waals surface area contributed by atoms with Crippen LogP contribution in [0.3, 0.4) is 0 Å². The third-order valence-electron chi connectivity index (χ3n) is 1.87. The molecule has 0 saturated carbocycles. The molecule has 0 atom stereocenters. The van der Waals surface area contributed by atoms with Crippen LogP contribution in [0, 0.1) is 0 Å². The fourth-order valence-corrected chi connectivity index (χ4v) is 2.91. The Morgan fingerprint density at radius 3 is 2.47 bits per heavy atom. The molecule has 0 unspecified atom stereocenters. The lowest BCUT2D eigenvalue weighted by Gasteiger charge is -2.10. The van der Waals surface area contributed by atoms with Crippen LogP contribution in [0.2, 0.25) is 0 Å². The molecule has 17 heavy (non-hydrogen) atoms. The maximum atomic E-state index is 11.8. The number of carbonyl (C=O) groups is 1. The number of carboxylic acid groups (broad SMARTS) is 1. The zero-order valence-corrected chi connectivity index (χ0v) is 11.7. The third kappa shape index (κ3) is 3.52. The highest BCUT2D eigenvalue weighted by Crippen LogP contribution is 2.21. The molecular formula is C10H12BrNO4S. The van der Waals surface area contributed by atoms with Crippen molar-refractivity contribution in [3.63, 3.8) is 0 Å². The molecule has 0 aliphatic carbocycles. The number of sulfonamides is 1. The Kier molecular flexibility index (Phi) is 4.29. The zero-order chi connectivity index (χ0) is 13.2. The van der Waals surface area contributed by atoms with Gasteiger partial charge in [-0.2, -0.15) is 0 Å². The van der Waals surface area contributed by atoms with Crippen LogP contribution < -0.4 is 4.72 Å². The summed E-state index contributed by atoms with van der Waals surface area (Å²) in [6.45, 7) is 3.38. The lowest BCUT2D eigenvalue weighted by molar-refractivity contribution is 0.0695. The summed E-state index contributed by atoms with van der Waals surface area (Å²) in [4.78, 5) is 10.8. The van der Waals surface area contributed by atoms with Crippen LogP contribution >= 0.6 is 15.9 Å². The first-order valence-electron chi connectivity index (χ1n) is 4.79. The van der Waals surface area contributed by atoms with Gasteiger partial charge in [0.1, 0.15) is 0 Å². The third-order valence-corrected chi connectivity index (χ3v) is 4.22. The molecule has 1 aromatic rings. The Bertz CT molecular complexity index is 539. The van der Waals surface area contributed by atoms with E-state index in [0.29, 0.717) is 4.47 Å². The molecule has 0 heterocycles. The number of nitrogens with one attached hydrogen (secondary N) is 1. The molecule has 1 aromatic carbocycles. The Morgan fingerprint density at radius 2 is 2.00 bits per heavy atom. The van der Waals surface area contributed by atoms with Gasteiger partial charge in [0.25, 0.3) is 0 Å². The molecule has 0 aliphatic heterocycles. The minimum absolute atomic E-state index is 0.0631. The number of carboxylic acids is 1. The van der Waals surface area contributed by atoms with E-state index in [1.54, 1.807) is 13.8 Å². The molecule has 0 saturated heterocycles. The van der Waals surface area contributed by atoms with Gasteiger partial charge in [0.05, 0.1) is 10.5 Å². The summed E-state index contributed by atoms with van der Waals surface area (Å²) >= 11 is 3.05. The fraction of sp³-hybridized carbons (Fsp3) is 0.300. The molecule has 0 amide bonds. The standard InChI is InChI=1S/C10H12BrNO4S/c1-6(2)12-17(15,16)7-3-4-9(11)8(5-7)10(13)14/h3-6,12H,1-2H3,(H,13,14). The first-order valence-corrected chi connectivity index (χ1v) is 7.07. The first-order chi connectivity index (χ1) is 7.74. The predicted molar refractivity (Wildman–Crippen MR) is 66.6 cm³/mol. The fourth-order valence-electron chi connectivity index (χ4n) is 1.21. The van der Waals surface area contributed by atoms with E-state index in [4.69, 9.17) is 5.11 Å². The van der Waals surface area contributed by atoms with Gasteiger partial charge in [-0.25, -0.2) is 17.9 Å². The maximum absolute atomic E-state index is 11.8. The lowest BCUT2D eigenvalue weighted by atomic mass is 10.2. The zero-order valence-electron chi connectivity index (χ0n) is 9.27. The van der Waals surface area contributed by atoms with Crippen molar-refractivity contribution in [3.8, 4) is 0 Å². The van der Waals surface area contributed by atoms with Gasteiger partial charge >= 0.3 is 5.97 Å². The Hall–Kier alpha value is -0.920. The quantitative estimate of drug-likeness (QED) is 0.886. The van der Waals surface area contributed by atoms with E-state index in [1.807, 2.05) is 0 Å². The van der Waals surface area contributed by atoms with Crippen molar-refractivity contribution in [3.05, 3.63) is 28.2 Å². The smallest absolute Gasteiger partial charge is 0.336 e. The molecule has 7 heteroatoms. The van der Waals surface area contributed by atoms with Gasteiger partial charge in [-0.05, 0) is 48.0 Å².